The van der Waals surface area contributed by atoms with Crippen LogP contribution in [0.3, 0.4) is 0 Å². The Morgan fingerprint density at radius 1 is 1.00 bits per heavy atom. The van der Waals surface area contributed by atoms with Crippen molar-refractivity contribution in [3.05, 3.63) is 64.3 Å². The molecule has 0 unspecified atom stereocenters. The van der Waals surface area contributed by atoms with E-state index in [1.165, 1.54) is 0 Å². The number of hydrogen-bond acceptors (Lipinski definition) is 2. The number of hydrogen-bond donors (Lipinski definition) is 1. The van der Waals surface area contributed by atoms with Crippen molar-refractivity contribution in [2.75, 3.05) is 4.90 Å². The summed E-state index contributed by atoms with van der Waals surface area (Å²) in [5, 5.41) is 1.93. The lowest BCUT2D eigenvalue weighted by molar-refractivity contribution is -0.124. The molecule has 2 aromatic carbocycles. The van der Waals surface area contributed by atoms with Crippen molar-refractivity contribution >= 4 is 57.2 Å². The van der Waals surface area contributed by atoms with Gasteiger partial charge in [-0.2, -0.15) is 0 Å². The second kappa shape index (κ2) is 5.45. The fourth-order valence-electron chi connectivity index (χ4n) is 3.05. The van der Waals surface area contributed by atoms with Gasteiger partial charge in [-0.05, 0) is 18.2 Å². The lowest BCUT2D eigenvalue weighted by Crippen LogP contribution is -2.56. The molecule has 1 N–H and O–H groups in total. The summed E-state index contributed by atoms with van der Waals surface area (Å²) in [4.78, 5) is 17.4. The molecule has 2 heterocycles. The van der Waals surface area contributed by atoms with E-state index in [-0.39, 0.29) is 5.78 Å². The molecule has 1 fully saturated rings. The molecular formula is C17H11Cl3N2O. The van der Waals surface area contributed by atoms with Crippen LogP contribution >= 0.6 is 34.8 Å². The highest BCUT2D eigenvalue weighted by Crippen LogP contribution is 2.48. The number of carbonyl (C=O) groups is 1. The predicted octanol–water partition coefficient (Wildman–Crippen LogP) is 5.17. The third-order valence-corrected chi connectivity index (χ3v) is 5.17. The van der Waals surface area contributed by atoms with E-state index >= 15 is 0 Å². The summed E-state index contributed by atoms with van der Waals surface area (Å²) in [5.74, 6) is -0.0626. The Morgan fingerprint density at radius 3 is 2.43 bits per heavy atom. The van der Waals surface area contributed by atoms with Crippen molar-refractivity contribution in [3.63, 3.8) is 0 Å². The van der Waals surface area contributed by atoms with Crippen LogP contribution in [0.25, 0.3) is 10.9 Å². The Hall–Kier alpha value is -1.68. The molecule has 116 valence electrons. The zero-order chi connectivity index (χ0) is 16.1. The van der Waals surface area contributed by atoms with Gasteiger partial charge in [0.15, 0.2) is 11.3 Å². The fourth-order valence-corrected chi connectivity index (χ4v) is 3.98. The van der Waals surface area contributed by atoms with Crippen LogP contribution < -0.4 is 4.90 Å². The predicted molar refractivity (Wildman–Crippen MR) is 94.6 cm³/mol. The lowest BCUT2D eigenvalue weighted by Gasteiger charge is -2.45. The van der Waals surface area contributed by atoms with E-state index in [4.69, 9.17) is 34.8 Å². The Bertz CT molecular complexity index is 901. The van der Waals surface area contributed by atoms with Crippen molar-refractivity contribution < 1.29 is 4.79 Å². The number of halogens is 3. The largest absolute Gasteiger partial charge is 0.361 e. The quantitative estimate of drug-likeness (QED) is 0.502. The Balaban J connectivity index is 1.86. The second-order valence-electron chi connectivity index (χ2n) is 5.41. The number of carbonyl (C=O) groups excluding carboxylic acids is 1. The van der Waals surface area contributed by atoms with Crippen LogP contribution in [0, 0.1) is 0 Å². The van der Waals surface area contributed by atoms with Gasteiger partial charge < -0.3 is 9.88 Å². The maximum Gasteiger partial charge on any atom is 0.197 e. The summed E-state index contributed by atoms with van der Waals surface area (Å²) in [5.41, 5.74) is 1.66. The Morgan fingerprint density at radius 2 is 1.70 bits per heavy atom. The third-order valence-electron chi connectivity index (χ3n) is 4.14. The lowest BCUT2D eigenvalue weighted by atomic mass is 9.91. The number of anilines is 1. The molecule has 0 saturated carbocycles. The van der Waals surface area contributed by atoms with Crippen LogP contribution in [0.1, 0.15) is 11.6 Å². The molecule has 0 aliphatic carbocycles. The van der Waals surface area contributed by atoms with Crippen molar-refractivity contribution in [3.8, 4) is 0 Å². The molecule has 23 heavy (non-hydrogen) atoms. The van der Waals surface area contributed by atoms with E-state index in [1.807, 2.05) is 30.5 Å². The molecule has 2 atom stereocenters. The molecule has 1 aliphatic heterocycles. The SMILES string of the molecule is O=C1[C@H](Cl)N(c2c(Cl)cccc2Cl)[C@@H]1c1c[nH]c2ccccc12. The summed E-state index contributed by atoms with van der Waals surface area (Å²) in [7, 11) is 0. The van der Waals surface area contributed by atoms with Gasteiger partial charge in [0.2, 0.25) is 0 Å². The van der Waals surface area contributed by atoms with E-state index in [0.29, 0.717) is 15.7 Å². The molecule has 0 bridgehead atoms. The number of nitrogens with one attached hydrogen (secondary N) is 1. The summed E-state index contributed by atoms with van der Waals surface area (Å²) in [6.07, 6.45) is 1.84. The maximum absolute atomic E-state index is 12.4. The molecule has 0 spiro atoms. The van der Waals surface area contributed by atoms with E-state index < -0.39 is 11.5 Å². The monoisotopic (exact) mass is 364 g/mol. The summed E-state index contributed by atoms with van der Waals surface area (Å²) in [6.45, 7) is 0. The molecule has 4 rings (SSSR count). The minimum Gasteiger partial charge on any atom is -0.361 e. The minimum absolute atomic E-state index is 0.0626. The average molecular weight is 366 g/mol. The number of benzene rings is 2. The van der Waals surface area contributed by atoms with Crippen molar-refractivity contribution in [2.45, 2.75) is 11.5 Å². The van der Waals surface area contributed by atoms with Gasteiger partial charge in [0.05, 0.1) is 15.7 Å². The van der Waals surface area contributed by atoms with Gasteiger partial charge in [0.1, 0.15) is 6.04 Å². The molecule has 3 aromatic rings. The van der Waals surface area contributed by atoms with E-state index in [9.17, 15) is 4.79 Å². The number of para-hydroxylation sites is 2. The first kappa shape index (κ1) is 14.9. The molecule has 0 radical (unpaired) electrons. The minimum atomic E-state index is -0.772. The van der Waals surface area contributed by atoms with Crippen molar-refractivity contribution in [1.82, 2.24) is 4.98 Å². The molecule has 1 saturated heterocycles. The van der Waals surface area contributed by atoms with Gasteiger partial charge in [-0.15, -0.1) is 0 Å². The zero-order valence-electron chi connectivity index (χ0n) is 11.8. The first-order valence-corrected chi connectivity index (χ1v) is 8.25. The van der Waals surface area contributed by atoms with E-state index in [0.717, 1.165) is 16.5 Å². The fraction of sp³-hybridized carbons (Fsp3) is 0.118. The van der Waals surface area contributed by atoms with Crippen LogP contribution in [0.2, 0.25) is 10.0 Å². The van der Waals surface area contributed by atoms with Crippen molar-refractivity contribution in [2.24, 2.45) is 0 Å². The number of ketones is 1. The number of H-pyrrole nitrogens is 1. The van der Waals surface area contributed by atoms with Crippen LogP contribution in [0.4, 0.5) is 5.69 Å². The first-order chi connectivity index (χ1) is 11.1. The number of rotatable bonds is 2. The van der Waals surface area contributed by atoms with Gasteiger partial charge in [0, 0.05) is 22.7 Å². The molecule has 1 aromatic heterocycles. The number of alkyl halides is 1. The number of aromatic amines is 1. The van der Waals surface area contributed by atoms with E-state index in [1.54, 1.807) is 23.1 Å². The maximum atomic E-state index is 12.4. The Labute approximate surface area is 147 Å². The van der Waals surface area contributed by atoms with Crippen molar-refractivity contribution in [1.29, 1.82) is 0 Å². The first-order valence-electron chi connectivity index (χ1n) is 7.06. The van der Waals surface area contributed by atoms with Crippen LogP contribution in [0.5, 0.6) is 0 Å². The highest BCUT2D eigenvalue weighted by atomic mass is 35.5. The Kier molecular flexibility index (Phi) is 3.52. The standard InChI is InChI=1S/C17H11Cl3N2O/c18-11-5-3-6-12(19)15(11)22-14(16(23)17(22)20)10-8-21-13-7-2-1-4-9(10)13/h1-8,14,17,21H/t14-,17-/m1/s1. The highest BCUT2D eigenvalue weighted by Gasteiger charge is 2.49. The number of aromatic nitrogens is 1. The summed E-state index contributed by atoms with van der Waals surface area (Å²) < 4.78 is 0. The molecular weight excluding hydrogens is 355 g/mol. The third kappa shape index (κ3) is 2.15. The normalized spacial score (nSPS) is 20.8. The number of nitrogens with zero attached hydrogens (tertiary/aromatic N) is 1. The summed E-state index contributed by atoms with van der Waals surface area (Å²) in [6, 6.07) is 12.6. The average Bonchev–Trinajstić information content (AvgIpc) is 2.97. The van der Waals surface area contributed by atoms with Gasteiger partial charge >= 0.3 is 0 Å². The van der Waals surface area contributed by atoms with Gasteiger partial charge in [-0.25, -0.2) is 0 Å². The van der Waals surface area contributed by atoms with Crippen LogP contribution in [0.15, 0.2) is 48.7 Å². The molecule has 0 amide bonds. The zero-order valence-corrected chi connectivity index (χ0v) is 14.0. The highest BCUT2D eigenvalue weighted by molar-refractivity contribution is 6.42. The second-order valence-corrected chi connectivity index (χ2v) is 6.64. The molecule has 3 nitrogen and oxygen atoms in total. The molecule has 6 heteroatoms. The topological polar surface area (TPSA) is 36.1 Å². The van der Waals surface area contributed by atoms with Crippen LogP contribution in [-0.4, -0.2) is 16.3 Å². The number of fused-ring (bicyclic) bond motifs is 1. The number of Topliss-reactive ketones (excluding diaryl/α,β-unsaturated/α-hetero) is 1. The molecule has 1 aliphatic rings. The smallest absolute Gasteiger partial charge is 0.197 e. The summed E-state index contributed by atoms with van der Waals surface area (Å²) >= 11 is 18.8. The van der Waals surface area contributed by atoms with E-state index in [2.05, 4.69) is 4.98 Å². The van der Waals surface area contributed by atoms with Gasteiger partial charge in [-0.1, -0.05) is 59.1 Å². The van der Waals surface area contributed by atoms with Gasteiger partial charge in [-0.3, -0.25) is 4.79 Å². The van der Waals surface area contributed by atoms with Crippen LogP contribution in [-0.2, 0) is 4.79 Å². The van der Waals surface area contributed by atoms with Gasteiger partial charge in [0.25, 0.3) is 0 Å².